The molecule has 23 heavy (non-hydrogen) atoms. The van der Waals surface area contributed by atoms with Crippen molar-refractivity contribution in [2.24, 2.45) is 0 Å². The van der Waals surface area contributed by atoms with Crippen LogP contribution >= 0.6 is 0 Å². The number of nitrogens with one attached hydrogen (secondary N) is 1. The van der Waals surface area contributed by atoms with Crippen molar-refractivity contribution in [3.63, 3.8) is 0 Å². The maximum atomic E-state index is 11.6. The number of ether oxygens (including phenoxy) is 2. The number of carboxylic acids is 1. The quantitative estimate of drug-likeness (QED) is 0.769. The van der Waals surface area contributed by atoms with Gasteiger partial charge < -0.3 is 19.9 Å². The van der Waals surface area contributed by atoms with Crippen LogP contribution < -0.4 is 5.32 Å². The molecule has 1 aromatic heterocycles. The topological polar surface area (TPSA) is 116 Å². The Bertz CT molecular complexity index is 550. The molecule has 9 heteroatoms. The van der Waals surface area contributed by atoms with Crippen LogP contribution in [0.3, 0.4) is 0 Å². The van der Waals surface area contributed by atoms with E-state index in [0.717, 1.165) is 0 Å². The van der Waals surface area contributed by atoms with E-state index in [9.17, 15) is 14.7 Å². The van der Waals surface area contributed by atoms with E-state index in [-0.39, 0.29) is 24.8 Å². The maximum absolute atomic E-state index is 11.6. The van der Waals surface area contributed by atoms with Crippen molar-refractivity contribution in [2.45, 2.75) is 52.4 Å². The van der Waals surface area contributed by atoms with Crippen LogP contribution in [-0.2, 0) is 22.4 Å². The van der Waals surface area contributed by atoms with Crippen molar-refractivity contribution >= 4 is 12.1 Å². The lowest BCUT2D eigenvalue weighted by atomic mass is 10.2. The summed E-state index contributed by atoms with van der Waals surface area (Å²) in [6.45, 7) is 7.72. The smallest absolute Gasteiger partial charge is 0.407 e. The zero-order chi connectivity index (χ0) is 17.6. The second kappa shape index (κ2) is 7.91. The maximum Gasteiger partial charge on any atom is 0.407 e. The molecule has 2 N–H and O–H groups in total. The Balaban J connectivity index is 2.72. The zero-order valence-corrected chi connectivity index (χ0v) is 14.1. The van der Waals surface area contributed by atoms with E-state index in [4.69, 9.17) is 9.47 Å². The number of methoxy groups -OCH3 is 1. The van der Waals surface area contributed by atoms with E-state index in [1.54, 1.807) is 27.9 Å². The van der Waals surface area contributed by atoms with Gasteiger partial charge in [0.1, 0.15) is 5.60 Å². The fourth-order valence-corrected chi connectivity index (χ4v) is 1.81. The Labute approximate surface area is 135 Å². The van der Waals surface area contributed by atoms with Gasteiger partial charge in [-0.05, 0) is 27.7 Å². The van der Waals surface area contributed by atoms with Crippen LogP contribution in [0, 0.1) is 0 Å². The minimum atomic E-state index is -1.16. The molecule has 0 aliphatic heterocycles. The van der Waals surface area contributed by atoms with E-state index < -0.39 is 17.7 Å². The molecular weight excluding hydrogens is 304 g/mol. The lowest BCUT2D eigenvalue weighted by Gasteiger charge is -2.19. The van der Waals surface area contributed by atoms with E-state index in [1.807, 2.05) is 6.92 Å². The molecule has 0 aliphatic rings. The first-order valence-corrected chi connectivity index (χ1v) is 7.29. The summed E-state index contributed by atoms with van der Waals surface area (Å²) in [4.78, 5) is 22.8. The molecule has 0 fully saturated rings. The molecule has 1 heterocycles. The number of aromatic carboxylic acids is 1. The average molecular weight is 328 g/mol. The van der Waals surface area contributed by atoms with Gasteiger partial charge in [-0.25, -0.2) is 14.3 Å². The van der Waals surface area contributed by atoms with Crippen LogP contribution in [0.25, 0.3) is 0 Å². The van der Waals surface area contributed by atoms with Crippen molar-refractivity contribution in [1.82, 2.24) is 20.3 Å². The molecule has 130 valence electrons. The molecule has 0 spiro atoms. The number of carbonyl (C=O) groups excluding carboxylic acids is 1. The third-order valence-electron chi connectivity index (χ3n) is 2.90. The molecule has 1 rings (SSSR count). The fourth-order valence-electron chi connectivity index (χ4n) is 1.81. The molecule has 1 atom stereocenters. The highest BCUT2D eigenvalue weighted by molar-refractivity contribution is 5.86. The summed E-state index contributed by atoms with van der Waals surface area (Å²) < 4.78 is 11.8. The van der Waals surface area contributed by atoms with Crippen molar-refractivity contribution in [2.75, 3.05) is 13.7 Å². The molecule has 1 unspecified atom stereocenters. The number of hydrogen-bond donors (Lipinski definition) is 2. The Kier molecular flexibility index (Phi) is 6.49. The summed E-state index contributed by atoms with van der Waals surface area (Å²) in [5, 5.41) is 19.3. The van der Waals surface area contributed by atoms with Gasteiger partial charge >= 0.3 is 12.1 Å². The van der Waals surface area contributed by atoms with E-state index in [0.29, 0.717) is 12.2 Å². The van der Waals surface area contributed by atoms with Crippen LogP contribution in [0.2, 0.25) is 0 Å². The van der Waals surface area contributed by atoms with Gasteiger partial charge in [0.15, 0.2) is 5.69 Å². The van der Waals surface area contributed by atoms with Crippen molar-refractivity contribution in [3.05, 3.63) is 11.4 Å². The first-order chi connectivity index (χ1) is 10.6. The van der Waals surface area contributed by atoms with Crippen molar-refractivity contribution < 1.29 is 24.2 Å². The summed E-state index contributed by atoms with van der Waals surface area (Å²) >= 11 is 0. The first-order valence-electron chi connectivity index (χ1n) is 7.29. The number of alkyl carbamates (subject to hydrolysis) is 1. The molecule has 9 nitrogen and oxygen atoms in total. The third kappa shape index (κ3) is 6.23. The predicted octanol–water partition coefficient (Wildman–Crippen LogP) is 1.08. The van der Waals surface area contributed by atoms with Gasteiger partial charge in [0.2, 0.25) is 0 Å². The summed E-state index contributed by atoms with van der Waals surface area (Å²) in [5.74, 6) is -1.16. The highest BCUT2D eigenvalue weighted by atomic mass is 16.6. The summed E-state index contributed by atoms with van der Waals surface area (Å²) in [6.07, 6.45) is -0.431. The number of carboxylic acid groups (broad SMARTS) is 1. The molecule has 0 bridgehead atoms. The van der Waals surface area contributed by atoms with Crippen LogP contribution in [0.5, 0.6) is 0 Å². The van der Waals surface area contributed by atoms with Gasteiger partial charge in [-0.3, -0.25) is 0 Å². The molecule has 0 saturated heterocycles. The largest absolute Gasteiger partial charge is 0.476 e. The second-order valence-electron chi connectivity index (χ2n) is 6.10. The predicted molar refractivity (Wildman–Crippen MR) is 81.4 cm³/mol. The number of nitrogens with zero attached hydrogens (tertiary/aromatic N) is 3. The SMILES string of the molecule is COC(C)Cn1nnc(C(=O)O)c1CCNC(=O)OC(C)(C)C. The molecule has 0 radical (unpaired) electrons. The van der Waals surface area contributed by atoms with E-state index in [2.05, 4.69) is 15.6 Å². The Morgan fingerprint density at radius 2 is 2.04 bits per heavy atom. The van der Waals surface area contributed by atoms with Crippen LogP contribution in [0.15, 0.2) is 0 Å². The van der Waals surface area contributed by atoms with E-state index >= 15 is 0 Å². The minimum absolute atomic E-state index is 0.126. The van der Waals surface area contributed by atoms with Crippen LogP contribution in [0.1, 0.15) is 43.9 Å². The number of amides is 1. The number of aromatic nitrogens is 3. The van der Waals surface area contributed by atoms with Gasteiger partial charge in [-0.15, -0.1) is 5.10 Å². The van der Waals surface area contributed by atoms with Crippen molar-refractivity contribution in [3.8, 4) is 0 Å². The highest BCUT2D eigenvalue weighted by Crippen LogP contribution is 2.09. The Morgan fingerprint density at radius 3 is 2.57 bits per heavy atom. The van der Waals surface area contributed by atoms with Gasteiger partial charge in [0.25, 0.3) is 0 Å². The Morgan fingerprint density at radius 1 is 1.39 bits per heavy atom. The average Bonchev–Trinajstić information content (AvgIpc) is 2.79. The van der Waals surface area contributed by atoms with Gasteiger partial charge in [-0.1, -0.05) is 5.21 Å². The lowest BCUT2D eigenvalue weighted by Crippen LogP contribution is -2.34. The van der Waals surface area contributed by atoms with Crippen molar-refractivity contribution in [1.29, 1.82) is 0 Å². The minimum Gasteiger partial charge on any atom is -0.476 e. The summed E-state index contributed by atoms with van der Waals surface area (Å²) in [5.41, 5.74) is -0.287. The second-order valence-corrected chi connectivity index (χ2v) is 6.10. The molecular formula is C14H24N4O5. The lowest BCUT2D eigenvalue weighted by molar-refractivity contribution is 0.0527. The van der Waals surface area contributed by atoms with Gasteiger partial charge in [-0.2, -0.15) is 0 Å². The normalized spacial score (nSPS) is 12.7. The molecule has 0 aromatic carbocycles. The molecule has 1 amide bonds. The zero-order valence-electron chi connectivity index (χ0n) is 14.1. The Hall–Kier alpha value is -2.16. The number of hydrogen-bond acceptors (Lipinski definition) is 6. The molecule has 0 aliphatic carbocycles. The standard InChI is InChI=1S/C14H24N4O5/c1-9(22-5)8-18-10(11(12(19)20)16-17-18)6-7-15-13(21)23-14(2,3)4/h9H,6-8H2,1-5H3,(H,15,21)(H,19,20). The monoisotopic (exact) mass is 328 g/mol. The molecule has 0 saturated carbocycles. The van der Waals surface area contributed by atoms with Crippen LogP contribution in [0.4, 0.5) is 4.79 Å². The number of rotatable bonds is 7. The van der Waals surface area contributed by atoms with Gasteiger partial charge in [0.05, 0.1) is 18.3 Å². The first kappa shape index (κ1) is 18.9. The van der Waals surface area contributed by atoms with Gasteiger partial charge in [0, 0.05) is 20.1 Å². The summed E-state index contributed by atoms with van der Waals surface area (Å²) in [7, 11) is 1.56. The van der Waals surface area contributed by atoms with E-state index in [1.165, 1.54) is 4.68 Å². The highest BCUT2D eigenvalue weighted by Gasteiger charge is 2.21. The summed E-state index contributed by atoms with van der Waals surface area (Å²) in [6, 6.07) is 0. The van der Waals surface area contributed by atoms with Crippen LogP contribution in [-0.4, -0.2) is 57.5 Å². The third-order valence-corrected chi connectivity index (χ3v) is 2.90. The number of carbonyl (C=O) groups is 2. The fraction of sp³-hybridized carbons (Fsp3) is 0.714. The molecule has 1 aromatic rings.